The molecule has 0 aromatic heterocycles. The molecule has 0 heterocycles. The molecule has 1 N–H and O–H groups in total. The van der Waals surface area contributed by atoms with Crippen molar-refractivity contribution < 1.29 is 37.7 Å². The van der Waals surface area contributed by atoms with Gasteiger partial charge in [-0.25, -0.2) is 0 Å². The van der Waals surface area contributed by atoms with E-state index < -0.39 is 42.9 Å². The third kappa shape index (κ3) is 6.48. The summed E-state index contributed by atoms with van der Waals surface area (Å²) in [5, 5.41) is 9.84. The maximum absolute atomic E-state index is 12.7. The summed E-state index contributed by atoms with van der Waals surface area (Å²) < 4.78 is 39.1. The first kappa shape index (κ1) is 20.5. The Bertz CT molecular complexity index is 382. The van der Waals surface area contributed by atoms with Crippen molar-refractivity contribution in [2.24, 2.45) is 5.41 Å². The van der Waals surface area contributed by atoms with Crippen LogP contribution in [0.3, 0.4) is 0 Å². The first-order valence-corrected chi connectivity index (χ1v) is 6.69. The molecule has 0 amide bonds. The Hall–Kier alpha value is -1.54. The van der Waals surface area contributed by atoms with Crippen molar-refractivity contribution in [2.45, 2.75) is 45.5 Å². The highest BCUT2D eigenvalue weighted by Gasteiger charge is 2.40. The fourth-order valence-corrected chi connectivity index (χ4v) is 1.52. The lowest BCUT2D eigenvalue weighted by Crippen LogP contribution is -2.43. The van der Waals surface area contributed by atoms with Crippen molar-refractivity contribution in [1.82, 2.24) is 0 Å². The van der Waals surface area contributed by atoms with Crippen LogP contribution in [0.4, 0.5) is 8.78 Å². The first-order valence-electron chi connectivity index (χ1n) is 6.69. The number of esters is 1. The van der Waals surface area contributed by atoms with E-state index in [2.05, 4.69) is 16.1 Å². The van der Waals surface area contributed by atoms with Crippen LogP contribution < -0.4 is 0 Å². The third-order valence-electron chi connectivity index (χ3n) is 3.22. The molecule has 8 heteroatoms. The molecule has 0 aromatic carbocycles. The summed E-state index contributed by atoms with van der Waals surface area (Å²) in [7, 11) is 0. The van der Waals surface area contributed by atoms with Crippen LogP contribution in [-0.2, 0) is 23.8 Å². The molecule has 0 bridgehead atoms. The maximum Gasteiger partial charge on any atom is 0.353 e. The van der Waals surface area contributed by atoms with E-state index in [-0.39, 0.29) is 12.9 Å². The lowest BCUT2D eigenvalue weighted by Gasteiger charge is -2.31. The van der Waals surface area contributed by atoms with Crippen LogP contribution in [-0.4, -0.2) is 49.1 Å². The minimum absolute atomic E-state index is 0.0997. The zero-order chi connectivity index (χ0) is 17.4. The van der Waals surface area contributed by atoms with Gasteiger partial charge < -0.3 is 19.3 Å². The molecule has 0 aliphatic heterocycles. The molecule has 128 valence electrons. The van der Waals surface area contributed by atoms with E-state index in [1.807, 2.05) is 0 Å². The largest absolute Gasteiger partial charge is 0.464 e. The fraction of sp³-hybridized carbons (Fsp3) is 0.714. The molecule has 0 spiro atoms. The Balaban J connectivity index is 4.91. The molecule has 0 saturated carbocycles. The predicted octanol–water partition coefficient (Wildman–Crippen LogP) is 1.66. The number of carbonyl (C=O) groups is 2. The van der Waals surface area contributed by atoms with Crippen LogP contribution >= 0.6 is 0 Å². The SMILES string of the molecule is C=CC(O)C(C)(CC)C(=O)OC(COC=O)COC(C)(F)F. The van der Waals surface area contributed by atoms with Gasteiger partial charge in [-0.05, 0) is 13.3 Å². The van der Waals surface area contributed by atoms with Gasteiger partial charge in [0.05, 0.1) is 18.1 Å². The first-order chi connectivity index (χ1) is 10.1. The second-order valence-electron chi connectivity index (χ2n) is 5.03. The van der Waals surface area contributed by atoms with Crippen LogP contribution in [0.15, 0.2) is 12.7 Å². The lowest BCUT2D eigenvalue weighted by atomic mass is 9.81. The second-order valence-corrected chi connectivity index (χ2v) is 5.03. The highest BCUT2D eigenvalue weighted by molar-refractivity contribution is 5.77. The Labute approximate surface area is 128 Å². The van der Waals surface area contributed by atoms with Gasteiger partial charge in [-0.2, -0.15) is 8.78 Å². The Morgan fingerprint density at radius 1 is 1.36 bits per heavy atom. The van der Waals surface area contributed by atoms with Gasteiger partial charge in [-0.15, -0.1) is 6.58 Å². The molecular formula is C14H22F2O6. The quantitative estimate of drug-likeness (QED) is 0.354. The van der Waals surface area contributed by atoms with E-state index in [1.165, 1.54) is 13.0 Å². The van der Waals surface area contributed by atoms with Crippen molar-refractivity contribution in [1.29, 1.82) is 0 Å². The van der Waals surface area contributed by atoms with Crippen LogP contribution in [0, 0.1) is 5.41 Å². The van der Waals surface area contributed by atoms with Crippen molar-refractivity contribution in [2.75, 3.05) is 13.2 Å². The van der Waals surface area contributed by atoms with E-state index in [9.17, 15) is 23.5 Å². The van der Waals surface area contributed by atoms with E-state index in [0.29, 0.717) is 6.92 Å². The van der Waals surface area contributed by atoms with E-state index in [4.69, 9.17) is 4.74 Å². The van der Waals surface area contributed by atoms with Gasteiger partial charge in [-0.1, -0.05) is 13.0 Å². The van der Waals surface area contributed by atoms with Crippen molar-refractivity contribution >= 4 is 12.4 Å². The van der Waals surface area contributed by atoms with Gasteiger partial charge in [-0.3, -0.25) is 9.59 Å². The molecule has 3 unspecified atom stereocenters. The summed E-state index contributed by atoms with van der Waals surface area (Å²) >= 11 is 0. The Kier molecular flexibility index (Phi) is 8.18. The molecule has 0 fully saturated rings. The molecular weight excluding hydrogens is 302 g/mol. The lowest BCUT2D eigenvalue weighted by molar-refractivity contribution is -0.241. The van der Waals surface area contributed by atoms with Crippen LogP contribution in [0.5, 0.6) is 0 Å². The summed E-state index contributed by atoms with van der Waals surface area (Å²) in [6.07, 6.45) is -4.40. The molecule has 0 aliphatic carbocycles. The molecule has 3 atom stereocenters. The number of rotatable bonds is 11. The Morgan fingerprint density at radius 3 is 2.36 bits per heavy atom. The molecule has 0 rings (SSSR count). The average Bonchev–Trinajstić information content (AvgIpc) is 2.46. The molecule has 22 heavy (non-hydrogen) atoms. The summed E-state index contributed by atoms with van der Waals surface area (Å²) in [6.45, 7) is 6.05. The van der Waals surface area contributed by atoms with Gasteiger partial charge in [0.1, 0.15) is 6.61 Å². The van der Waals surface area contributed by atoms with Gasteiger partial charge in [0.15, 0.2) is 6.10 Å². The smallest absolute Gasteiger partial charge is 0.353 e. The summed E-state index contributed by atoms with van der Waals surface area (Å²) in [5.74, 6) is -0.829. The van der Waals surface area contributed by atoms with Gasteiger partial charge in [0.25, 0.3) is 6.47 Å². The van der Waals surface area contributed by atoms with Gasteiger partial charge in [0, 0.05) is 6.92 Å². The second kappa shape index (κ2) is 8.79. The normalized spacial score (nSPS) is 17.0. The highest BCUT2D eigenvalue weighted by atomic mass is 19.3. The Morgan fingerprint density at radius 2 is 1.95 bits per heavy atom. The van der Waals surface area contributed by atoms with Crippen LogP contribution in [0.25, 0.3) is 0 Å². The standard InChI is InChI=1S/C14H22F2O6/c1-5-11(18)13(3,6-2)12(19)22-10(7-20-9-17)8-21-14(4,15)16/h5,9-11,18H,1,6-8H2,2-4H3. The number of alkyl halides is 2. The minimum atomic E-state index is -3.42. The van der Waals surface area contributed by atoms with Crippen molar-refractivity contribution in [3.8, 4) is 0 Å². The fourth-order valence-electron chi connectivity index (χ4n) is 1.52. The number of hydrogen-bond donors (Lipinski definition) is 1. The molecule has 0 saturated heterocycles. The van der Waals surface area contributed by atoms with E-state index >= 15 is 0 Å². The number of hydrogen-bond acceptors (Lipinski definition) is 6. The molecule has 0 aromatic rings. The van der Waals surface area contributed by atoms with E-state index in [0.717, 1.165) is 0 Å². The summed E-state index contributed by atoms with van der Waals surface area (Å²) in [4.78, 5) is 22.4. The number of ether oxygens (including phenoxy) is 3. The summed E-state index contributed by atoms with van der Waals surface area (Å²) in [5.41, 5.74) is -1.30. The average molecular weight is 324 g/mol. The van der Waals surface area contributed by atoms with Crippen LogP contribution in [0.2, 0.25) is 0 Å². The minimum Gasteiger partial charge on any atom is -0.464 e. The van der Waals surface area contributed by atoms with Crippen molar-refractivity contribution in [3.05, 3.63) is 12.7 Å². The predicted molar refractivity (Wildman–Crippen MR) is 73.1 cm³/mol. The molecule has 0 aliphatic rings. The molecule has 0 radical (unpaired) electrons. The summed E-state index contributed by atoms with van der Waals surface area (Å²) in [6, 6.07) is 0. The number of aliphatic hydroxyl groups is 1. The highest BCUT2D eigenvalue weighted by Crippen LogP contribution is 2.29. The van der Waals surface area contributed by atoms with Gasteiger partial charge in [0.2, 0.25) is 0 Å². The van der Waals surface area contributed by atoms with Gasteiger partial charge >= 0.3 is 12.1 Å². The van der Waals surface area contributed by atoms with E-state index in [1.54, 1.807) is 6.92 Å². The molecule has 6 nitrogen and oxygen atoms in total. The number of halogens is 2. The maximum atomic E-state index is 12.7. The third-order valence-corrected chi connectivity index (χ3v) is 3.22. The zero-order valence-corrected chi connectivity index (χ0v) is 12.9. The topological polar surface area (TPSA) is 82.1 Å². The number of carbonyl (C=O) groups excluding carboxylic acids is 2. The van der Waals surface area contributed by atoms with Crippen molar-refractivity contribution in [3.63, 3.8) is 0 Å². The monoisotopic (exact) mass is 324 g/mol. The van der Waals surface area contributed by atoms with Crippen LogP contribution in [0.1, 0.15) is 27.2 Å². The zero-order valence-electron chi connectivity index (χ0n) is 12.9. The number of aliphatic hydroxyl groups excluding tert-OH is 1.